The average molecular weight is 292 g/mol. The van der Waals surface area contributed by atoms with Crippen LogP contribution >= 0.6 is 11.8 Å². The summed E-state index contributed by atoms with van der Waals surface area (Å²) in [4.78, 5) is 11.5. The van der Waals surface area contributed by atoms with E-state index in [9.17, 15) is 9.90 Å². The van der Waals surface area contributed by atoms with Crippen LogP contribution in [0.25, 0.3) is 0 Å². The molecular weight excluding hydrogens is 268 g/mol. The summed E-state index contributed by atoms with van der Waals surface area (Å²) in [6.07, 6.45) is 6.81. The molecule has 1 saturated carbocycles. The number of aliphatic carboxylic acids is 1. The molecule has 0 aliphatic heterocycles. The molecule has 110 valence electrons. The Labute approximate surface area is 126 Å². The summed E-state index contributed by atoms with van der Waals surface area (Å²) in [5.41, 5.74) is 1.12. The molecule has 2 rings (SSSR count). The number of hydrogen-bond acceptors (Lipinski definition) is 2. The summed E-state index contributed by atoms with van der Waals surface area (Å²) in [5.74, 6) is 0.195. The van der Waals surface area contributed by atoms with Gasteiger partial charge in [0.25, 0.3) is 0 Å². The number of carboxylic acid groups (broad SMARTS) is 1. The Bertz CT molecular complexity index is 410. The predicted octanol–water partition coefficient (Wildman–Crippen LogP) is 4.38. The van der Waals surface area contributed by atoms with E-state index in [2.05, 4.69) is 6.92 Å². The van der Waals surface area contributed by atoms with Gasteiger partial charge in [-0.15, -0.1) is 11.8 Å². The standard InChI is InChI=1S/C17H24O2S/c1-2-13-8-10-15(11-9-13)20-16(17(18)19)12-14-6-4-3-5-7-14/h3-7,13,15-16H,2,8-12H2,1H3,(H,18,19). The van der Waals surface area contributed by atoms with E-state index in [-0.39, 0.29) is 5.25 Å². The van der Waals surface area contributed by atoms with Gasteiger partial charge in [0.1, 0.15) is 5.25 Å². The molecule has 20 heavy (non-hydrogen) atoms. The van der Waals surface area contributed by atoms with Gasteiger partial charge in [0, 0.05) is 5.25 Å². The van der Waals surface area contributed by atoms with Gasteiger partial charge in [0.15, 0.2) is 0 Å². The molecule has 1 atom stereocenters. The maximum absolute atomic E-state index is 11.5. The second kappa shape index (κ2) is 7.72. The highest BCUT2D eigenvalue weighted by atomic mass is 32.2. The summed E-state index contributed by atoms with van der Waals surface area (Å²) in [6, 6.07) is 9.96. The maximum Gasteiger partial charge on any atom is 0.316 e. The maximum atomic E-state index is 11.5. The SMILES string of the molecule is CCC1CCC(SC(Cc2ccccc2)C(=O)O)CC1. The summed E-state index contributed by atoms with van der Waals surface area (Å²) < 4.78 is 0. The minimum Gasteiger partial charge on any atom is -0.480 e. The van der Waals surface area contributed by atoms with Gasteiger partial charge < -0.3 is 5.11 Å². The zero-order valence-corrected chi connectivity index (χ0v) is 12.9. The van der Waals surface area contributed by atoms with Crippen LogP contribution in [0.15, 0.2) is 30.3 Å². The van der Waals surface area contributed by atoms with Crippen molar-refractivity contribution in [2.45, 2.75) is 55.9 Å². The second-order valence-electron chi connectivity index (χ2n) is 5.70. The zero-order chi connectivity index (χ0) is 14.4. The Balaban J connectivity index is 1.88. The Morgan fingerprint density at radius 3 is 2.45 bits per heavy atom. The van der Waals surface area contributed by atoms with Crippen molar-refractivity contribution in [1.82, 2.24) is 0 Å². The van der Waals surface area contributed by atoms with Crippen molar-refractivity contribution in [3.8, 4) is 0 Å². The minimum absolute atomic E-state index is 0.305. The van der Waals surface area contributed by atoms with Crippen molar-refractivity contribution in [2.24, 2.45) is 5.92 Å². The molecule has 0 spiro atoms. The van der Waals surface area contributed by atoms with E-state index in [1.165, 1.54) is 32.1 Å². The van der Waals surface area contributed by atoms with Crippen molar-refractivity contribution < 1.29 is 9.90 Å². The van der Waals surface area contributed by atoms with Crippen LogP contribution in [0.2, 0.25) is 0 Å². The van der Waals surface area contributed by atoms with E-state index in [1.807, 2.05) is 30.3 Å². The first kappa shape index (κ1) is 15.4. The van der Waals surface area contributed by atoms with E-state index in [0.29, 0.717) is 11.7 Å². The van der Waals surface area contributed by atoms with Crippen molar-refractivity contribution in [1.29, 1.82) is 0 Å². The molecule has 0 radical (unpaired) electrons. The van der Waals surface area contributed by atoms with Gasteiger partial charge in [-0.25, -0.2) is 0 Å². The topological polar surface area (TPSA) is 37.3 Å². The van der Waals surface area contributed by atoms with E-state index in [0.717, 1.165) is 11.5 Å². The van der Waals surface area contributed by atoms with Crippen LogP contribution in [-0.4, -0.2) is 21.6 Å². The molecule has 3 heteroatoms. The van der Waals surface area contributed by atoms with Crippen molar-refractivity contribution >= 4 is 17.7 Å². The second-order valence-corrected chi connectivity index (χ2v) is 7.21. The fourth-order valence-electron chi connectivity index (χ4n) is 2.93. The third-order valence-electron chi connectivity index (χ3n) is 4.27. The van der Waals surface area contributed by atoms with Crippen molar-refractivity contribution in [3.63, 3.8) is 0 Å². The van der Waals surface area contributed by atoms with Crippen LogP contribution in [0.5, 0.6) is 0 Å². The molecule has 0 aromatic heterocycles. The van der Waals surface area contributed by atoms with E-state index >= 15 is 0 Å². The smallest absolute Gasteiger partial charge is 0.316 e. The zero-order valence-electron chi connectivity index (χ0n) is 12.1. The molecule has 0 bridgehead atoms. The average Bonchev–Trinajstić information content (AvgIpc) is 2.48. The van der Waals surface area contributed by atoms with Crippen LogP contribution in [0.4, 0.5) is 0 Å². The van der Waals surface area contributed by atoms with Crippen LogP contribution in [0, 0.1) is 5.92 Å². The molecule has 1 aliphatic rings. The molecular formula is C17H24O2S. The lowest BCUT2D eigenvalue weighted by Gasteiger charge is -2.29. The largest absolute Gasteiger partial charge is 0.480 e. The van der Waals surface area contributed by atoms with Gasteiger partial charge in [-0.1, -0.05) is 43.7 Å². The highest BCUT2D eigenvalue weighted by molar-refractivity contribution is 8.01. The molecule has 0 amide bonds. The predicted molar refractivity (Wildman–Crippen MR) is 85.2 cm³/mol. The van der Waals surface area contributed by atoms with E-state index < -0.39 is 5.97 Å². The Kier molecular flexibility index (Phi) is 5.96. The first-order chi connectivity index (χ1) is 9.69. The Morgan fingerprint density at radius 2 is 1.90 bits per heavy atom. The molecule has 2 nitrogen and oxygen atoms in total. The Hall–Kier alpha value is -0.960. The summed E-state index contributed by atoms with van der Waals surface area (Å²) >= 11 is 1.68. The van der Waals surface area contributed by atoms with Crippen molar-refractivity contribution in [2.75, 3.05) is 0 Å². The summed E-state index contributed by atoms with van der Waals surface area (Å²) in [7, 11) is 0. The highest BCUT2D eigenvalue weighted by Crippen LogP contribution is 2.36. The van der Waals surface area contributed by atoms with Crippen LogP contribution in [0.1, 0.15) is 44.6 Å². The normalized spacial score (nSPS) is 24.2. The third-order valence-corrected chi connectivity index (χ3v) is 5.82. The van der Waals surface area contributed by atoms with Crippen molar-refractivity contribution in [3.05, 3.63) is 35.9 Å². The van der Waals surface area contributed by atoms with Gasteiger partial charge in [0.05, 0.1) is 0 Å². The molecule has 1 fully saturated rings. The van der Waals surface area contributed by atoms with Gasteiger partial charge in [0.2, 0.25) is 0 Å². The first-order valence-electron chi connectivity index (χ1n) is 7.61. The number of rotatable bonds is 6. The van der Waals surface area contributed by atoms with Gasteiger partial charge in [-0.05, 0) is 43.6 Å². The molecule has 0 saturated heterocycles. The highest BCUT2D eigenvalue weighted by Gasteiger charge is 2.27. The van der Waals surface area contributed by atoms with Crippen LogP contribution in [-0.2, 0) is 11.2 Å². The number of thioether (sulfide) groups is 1. The number of carboxylic acids is 1. The summed E-state index contributed by atoms with van der Waals surface area (Å²) in [5, 5.41) is 9.67. The van der Waals surface area contributed by atoms with Gasteiger partial charge >= 0.3 is 5.97 Å². The fraction of sp³-hybridized carbons (Fsp3) is 0.588. The van der Waals surface area contributed by atoms with E-state index in [4.69, 9.17) is 0 Å². The lowest BCUT2D eigenvalue weighted by molar-refractivity contribution is -0.136. The van der Waals surface area contributed by atoms with E-state index in [1.54, 1.807) is 11.8 Å². The monoisotopic (exact) mass is 292 g/mol. The lowest BCUT2D eigenvalue weighted by Crippen LogP contribution is -2.25. The number of hydrogen-bond donors (Lipinski definition) is 1. The van der Waals surface area contributed by atoms with Crippen LogP contribution < -0.4 is 0 Å². The van der Waals surface area contributed by atoms with Crippen LogP contribution in [0.3, 0.4) is 0 Å². The molecule has 0 heterocycles. The van der Waals surface area contributed by atoms with Gasteiger partial charge in [-0.3, -0.25) is 4.79 Å². The minimum atomic E-state index is -0.670. The number of benzene rings is 1. The molecule has 1 unspecified atom stereocenters. The number of carbonyl (C=O) groups is 1. The quantitative estimate of drug-likeness (QED) is 0.845. The third kappa shape index (κ3) is 4.55. The Morgan fingerprint density at radius 1 is 1.25 bits per heavy atom. The molecule has 1 aromatic rings. The fourth-order valence-corrected chi connectivity index (χ4v) is 4.34. The van der Waals surface area contributed by atoms with Gasteiger partial charge in [-0.2, -0.15) is 0 Å². The molecule has 1 aliphatic carbocycles. The first-order valence-corrected chi connectivity index (χ1v) is 8.55. The molecule has 1 aromatic carbocycles. The molecule has 1 N–H and O–H groups in total. The lowest BCUT2D eigenvalue weighted by atomic mass is 9.87. The summed E-state index contributed by atoms with van der Waals surface area (Å²) in [6.45, 7) is 2.26.